The molecular weight excluding hydrogens is 314 g/mol. The van der Waals surface area contributed by atoms with Gasteiger partial charge in [-0.3, -0.25) is 4.99 Å². The lowest BCUT2D eigenvalue weighted by atomic mass is 9.92. The third-order valence-corrected chi connectivity index (χ3v) is 4.75. The summed E-state index contributed by atoms with van der Waals surface area (Å²) in [4.78, 5) is 6.87. The van der Waals surface area contributed by atoms with Crippen molar-refractivity contribution in [3.8, 4) is 11.5 Å². The van der Waals surface area contributed by atoms with E-state index in [1.807, 2.05) is 13.1 Å². The van der Waals surface area contributed by atoms with Crippen LogP contribution >= 0.6 is 0 Å². The number of nitrogens with zero attached hydrogens (tertiary/aromatic N) is 2. The summed E-state index contributed by atoms with van der Waals surface area (Å²) in [5.41, 5.74) is 1.26. The minimum Gasteiger partial charge on any atom is -0.493 e. The summed E-state index contributed by atoms with van der Waals surface area (Å²) < 4.78 is 10.7. The van der Waals surface area contributed by atoms with Crippen molar-refractivity contribution in [2.75, 3.05) is 40.9 Å². The van der Waals surface area contributed by atoms with Crippen LogP contribution in [0.25, 0.3) is 0 Å². The quantitative estimate of drug-likeness (QED) is 0.488. The lowest BCUT2D eigenvalue weighted by Gasteiger charge is -2.37. The normalized spacial score (nSPS) is 21.2. The molecule has 1 aromatic rings. The molecule has 1 aliphatic rings. The predicted octanol–water partition coefficient (Wildman–Crippen LogP) is 3.19. The molecule has 2 atom stereocenters. The van der Waals surface area contributed by atoms with E-state index in [-0.39, 0.29) is 0 Å². The number of aliphatic imine (C=N–C) groups is 1. The van der Waals surface area contributed by atoms with Crippen LogP contribution in [0.5, 0.6) is 11.5 Å². The Morgan fingerprint density at radius 3 is 2.44 bits per heavy atom. The van der Waals surface area contributed by atoms with Gasteiger partial charge in [-0.2, -0.15) is 0 Å². The molecule has 0 bridgehead atoms. The van der Waals surface area contributed by atoms with Crippen molar-refractivity contribution in [2.45, 2.75) is 33.1 Å². The lowest BCUT2D eigenvalue weighted by molar-refractivity contribution is 0.208. The van der Waals surface area contributed by atoms with Gasteiger partial charge < -0.3 is 19.7 Å². The molecule has 1 fully saturated rings. The first-order chi connectivity index (χ1) is 12.1. The Kier molecular flexibility index (Phi) is 7.41. The Hall–Kier alpha value is -1.91. The first-order valence-electron chi connectivity index (χ1n) is 9.23. The number of rotatable bonds is 6. The largest absolute Gasteiger partial charge is 0.493 e. The highest BCUT2D eigenvalue weighted by molar-refractivity contribution is 5.80. The van der Waals surface area contributed by atoms with Gasteiger partial charge in [0.05, 0.1) is 14.2 Å². The highest BCUT2D eigenvalue weighted by Crippen LogP contribution is 2.28. The SMILES string of the molecule is CN=C(NCCCc1ccc(OC)c(OC)c1)N1CC(C)CC(C)C1. The number of hydrogen-bond acceptors (Lipinski definition) is 3. The van der Waals surface area contributed by atoms with Crippen molar-refractivity contribution < 1.29 is 9.47 Å². The minimum atomic E-state index is 0.731. The number of aryl methyl sites for hydroxylation is 1. The van der Waals surface area contributed by atoms with Gasteiger partial charge in [0, 0.05) is 26.7 Å². The molecule has 0 aliphatic carbocycles. The fraction of sp³-hybridized carbons (Fsp3) is 0.650. The molecule has 0 spiro atoms. The number of guanidine groups is 1. The van der Waals surface area contributed by atoms with Gasteiger partial charge in [0.1, 0.15) is 0 Å². The van der Waals surface area contributed by atoms with Crippen molar-refractivity contribution in [1.29, 1.82) is 0 Å². The lowest BCUT2D eigenvalue weighted by Crippen LogP contribution is -2.48. The number of likely N-dealkylation sites (tertiary alicyclic amines) is 1. The molecule has 1 N–H and O–H groups in total. The van der Waals surface area contributed by atoms with Crippen molar-refractivity contribution in [3.05, 3.63) is 23.8 Å². The highest BCUT2D eigenvalue weighted by Gasteiger charge is 2.23. The summed E-state index contributed by atoms with van der Waals surface area (Å²) in [5, 5.41) is 3.52. The fourth-order valence-electron chi connectivity index (χ4n) is 3.70. The number of nitrogens with one attached hydrogen (secondary N) is 1. The average molecular weight is 348 g/mol. The van der Waals surface area contributed by atoms with Crippen LogP contribution in [0, 0.1) is 11.8 Å². The summed E-state index contributed by atoms with van der Waals surface area (Å²) in [5.74, 6) is 4.06. The van der Waals surface area contributed by atoms with E-state index < -0.39 is 0 Å². The number of methoxy groups -OCH3 is 2. The molecule has 5 nitrogen and oxygen atoms in total. The third-order valence-electron chi connectivity index (χ3n) is 4.75. The van der Waals surface area contributed by atoms with Gasteiger partial charge in [0.15, 0.2) is 17.5 Å². The van der Waals surface area contributed by atoms with Gasteiger partial charge in [-0.25, -0.2) is 0 Å². The monoisotopic (exact) mass is 347 g/mol. The predicted molar refractivity (Wildman–Crippen MR) is 104 cm³/mol. The van der Waals surface area contributed by atoms with E-state index in [2.05, 4.69) is 41.2 Å². The smallest absolute Gasteiger partial charge is 0.193 e. The molecule has 1 aliphatic heterocycles. The number of piperidine rings is 1. The zero-order valence-corrected chi connectivity index (χ0v) is 16.3. The molecular formula is C20H33N3O2. The molecule has 1 saturated heterocycles. The summed E-state index contributed by atoms with van der Waals surface area (Å²) in [6, 6.07) is 6.13. The molecule has 1 heterocycles. The highest BCUT2D eigenvalue weighted by atomic mass is 16.5. The van der Waals surface area contributed by atoms with Crippen LogP contribution in [-0.4, -0.2) is 51.8 Å². The maximum atomic E-state index is 5.37. The maximum Gasteiger partial charge on any atom is 0.193 e. The van der Waals surface area contributed by atoms with E-state index in [1.54, 1.807) is 14.2 Å². The van der Waals surface area contributed by atoms with E-state index in [9.17, 15) is 0 Å². The maximum absolute atomic E-state index is 5.37. The van der Waals surface area contributed by atoms with Gasteiger partial charge in [0.2, 0.25) is 0 Å². The van der Waals surface area contributed by atoms with Crippen LogP contribution in [0.1, 0.15) is 32.3 Å². The molecule has 2 unspecified atom stereocenters. The molecule has 0 saturated carbocycles. The Labute approximate surface area is 152 Å². The second-order valence-corrected chi connectivity index (χ2v) is 7.12. The first kappa shape index (κ1) is 19.4. The molecule has 0 amide bonds. The van der Waals surface area contributed by atoms with Gasteiger partial charge in [-0.1, -0.05) is 19.9 Å². The molecule has 140 valence electrons. The van der Waals surface area contributed by atoms with Gasteiger partial charge in [-0.05, 0) is 48.8 Å². The zero-order valence-electron chi connectivity index (χ0n) is 16.3. The van der Waals surface area contributed by atoms with Crippen LogP contribution < -0.4 is 14.8 Å². The van der Waals surface area contributed by atoms with E-state index in [0.29, 0.717) is 0 Å². The van der Waals surface area contributed by atoms with E-state index in [4.69, 9.17) is 9.47 Å². The minimum absolute atomic E-state index is 0.731. The molecule has 25 heavy (non-hydrogen) atoms. The number of benzene rings is 1. The van der Waals surface area contributed by atoms with Crippen LogP contribution in [0.2, 0.25) is 0 Å². The molecule has 5 heteroatoms. The van der Waals surface area contributed by atoms with Crippen LogP contribution in [0.3, 0.4) is 0 Å². The molecule has 0 radical (unpaired) electrons. The standard InChI is InChI=1S/C20H33N3O2/c1-15-11-16(2)14-23(13-15)20(21-3)22-10-6-7-17-8-9-18(24-4)19(12-17)25-5/h8-9,12,15-16H,6-7,10-11,13-14H2,1-5H3,(H,21,22). The van der Waals surface area contributed by atoms with E-state index in [1.165, 1.54) is 12.0 Å². The second-order valence-electron chi connectivity index (χ2n) is 7.12. The van der Waals surface area contributed by atoms with Crippen LogP contribution in [0.4, 0.5) is 0 Å². The Morgan fingerprint density at radius 1 is 1.16 bits per heavy atom. The average Bonchev–Trinajstić information content (AvgIpc) is 2.60. The van der Waals surface area contributed by atoms with Crippen LogP contribution in [0.15, 0.2) is 23.2 Å². The topological polar surface area (TPSA) is 46.1 Å². The first-order valence-corrected chi connectivity index (χ1v) is 9.23. The fourth-order valence-corrected chi connectivity index (χ4v) is 3.70. The Morgan fingerprint density at radius 2 is 1.84 bits per heavy atom. The van der Waals surface area contributed by atoms with Gasteiger partial charge in [0.25, 0.3) is 0 Å². The number of ether oxygens (including phenoxy) is 2. The van der Waals surface area contributed by atoms with Gasteiger partial charge in [-0.15, -0.1) is 0 Å². The zero-order chi connectivity index (χ0) is 18.2. The van der Waals surface area contributed by atoms with Crippen molar-refractivity contribution >= 4 is 5.96 Å². The summed E-state index contributed by atoms with van der Waals surface area (Å²) in [7, 11) is 5.21. The van der Waals surface area contributed by atoms with Crippen molar-refractivity contribution in [3.63, 3.8) is 0 Å². The number of hydrogen-bond donors (Lipinski definition) is 1. The third kappa shape index (κ3) is 5.55. The molecule has 2 rings (SSSR count). The summed E-state index contributed by atoms with van der Waals surface area (Å²) in [6.07, 6.45) is 3.36. The van der Waals surface area contributed by atoms with E-state index >= 15 is 0 Å². The Balaban J connectivity index is 1.81. The Bertz CT molecular complexity index is 564. The van der Waals surface area contributed by atoms with Gasteiger partial charge >= 0.3 is 0 Å². The molecule has 0 aromatic heterocycles. The summed E-state index contributed by atoms with van der Waals surface area (Å²) in [6.45, 7) is 7.76. The molecule has 1 aromatic carbocycles. The van der Waals surface area contributed by atoms with E-state index in [0.717, 1.165) is 61.8 Å². The van der Waals surface area contributed by atoms with Crippen molar-refractivity contribution in [2.24, 2.45) is 16.8 Å². The summed E-state index contributed by atoms with van der Waals surface area (Å²) >= 11 is 0. The second kappa shape index (κ2) is 9.54. The van der Waals surface area contributed by atoms with Crippen LogP contribution in [-0.2, 0) is 6.42 Å². The van der Waals surface area contributed by atoms with Crippen molar-refractivity contribution in [1.82, 2.24) is 10.2 Å².